The molecule has 0 unspecified atom stereocenters. The van der Waals surface area contributed by atoms with Crippen molar-refractivity contribution < 1.29 is 0 Å². The van der Waals surface area contributed by atoms with Crippen LogP contribution in [-0.2, 0) is 0 Å². The second-order valence-corrected chi connectivity index (χ2v) is 6.41. The van der Waals surface area contributed by atoms with Crippen LogP contribution in [0.4, 0.5) is 0 Å². The summed E-state index contributed by atoms with van der Waals surface area (Å²) in [4.78, 5) is 2.33. The average Bonchev–Trinajstić information content (AvgIpc) is 2.94. The summed E-state index contributed by atoms with van der Waals surface area (Å²) >= 11 is 1.88. The van der Waals surface area contributed by atoms with Crippen molar-refractivity contribution in [3.05, 3.63) is 5.82 Å². The number of tetrazole rings is 1. The molecule has 1 aliphatic carbocycles. The van der Waals surface area contributed by atoms with E-state index in [1.165, 1.54) is 32.1 Å². The highest BCUT2D eigenvalue weighted by Gasteiger charge is 2.24. The van der Waals surface area contributed by atoms with E-state index in [1.54, 1.807) is 0 Å². The summed E-state index contributed by atoms with van der Waals surface area (Å²) in [5.74, 6) is 2.17. The Balaban J connectivity index is 2.05. The molecule has 0 spiro atoms. The third-order valence-electron chi connectivity index (χ3n) is 4.12. The fraction of sp³-hybridized carbons (Fsp3) is 0.923. The lowest BCUT2D eigenvalue weighted by molar-refractivity contribution is 0.240. The largest absolute Gasteiger partial charge is 0.296 e. The fourth-order valence-electron chi connectivity index (χ4n) is 2.69. The second-order valence-electron chi connectivity index (χ2n) is 5.42. The zero-order chi connectivity index (χ0) is 13.7. The normalized spacial score (nSPS) is 18.9. The number of aromatic nitrogens is 4. The van der Waals surface area contributed by atoms with Crippen molar-refractivity contribution in [1.29, 1.82) is 0 Å². The van der Waals surface area contributed by atoms with Gasteiger partial charge in [-0.1, -0.05) is 19.3 Å². The minimum Gasteiger partial charge on any atom is -0.296 e. The van der Waals surface area contributed by atoms with E-state index >= 15 is 0 Å². The first-order valence-electron chi connectivity index (χ1n) is 7.21. The zero-order valence-corrected chi connectivity index (χ0v) is 13.1. The van der Waals surface area contributed by atoms with Crippen LogP contribution in [0.5, 0.6) is 0 Å². The monoisotopic (exact) mass is 283 g/mol. The van der Waals surface area contributed by atoms with Crippen LogP contribution >= 0.6 is 11.8 Å². The maximum atomic E-state index is 4.27. The topological polar surface area (TPSA) is 46.8 Å². The van der Waals surface area contributed by atoms with E-state index in [0.717, 1.165) is 18.1 Å². The Hall–Kier alpha value is -0.620. The Bertz CT molecular complexity index is 375. The van der Waals surface area contributed by atoms with E-state index in [9.17, 15) is 0 Å². The molecule has 1 aromatic rings. The molecular weight excluding hydrogens is 258 g/mol. The summed E-state index contributed by atoms with van der Waals surface area (Å²) in [7, 11) is 2.15. The molecule has 1 heterocycles. The molecule has 0 radical (unpaired) electrons. The van der Waals surface area contributed by atoms with Crippen molar-refractivity contribution in [2.45, 2.75) is 51.1 Å². The van der Waals surface area contributed by atoms with Gasteiger partial charge in [-0.3, -0.25) is 4.90 Å². The minimum absolute atomic E-state index is 0.282. The molecule has 108 valence electrons. The lowest BCUT2D eigenvalue weighted by Crippen LogP contribution is -2.29. The summed E-state index contributed by atoms with van der Waals surface area (Å²) in [6, 6.07) is 0.791. The van der Waals surface area contributed by atoms with Crippen LogP contribution in [0.25, 0.3) is 0 Å². The lowest BCUT2D eigenvalue weighted by Gasteiger charge is -2.27. The molecule has 1 aliphatic rings. The zero-order valence-electron chi connectivity index (χ0n) is 12.2. The third kappa shape index (κ3) is 3.69. The highest BCUT2D eigenvalue weighted by atomic mass is 32.2. The average molecular weight is 283 g/mol. The lowest BCUT2D eigenvalue weighted by atomic mass is 9.95. The molecule has 19 heavy (non-hydrogen) atoms. The van der Waals surface area contributed by atoms with Crippen molar-refractivity contribution >= 4 is 11.8 Å². The molecule has 0 saturated heterocycles. The second kappa shape index (κ2) is 7.24. The first-order valence-corrected chi connectivity index (χ1v) is 8.60. The van der Waals surface area contributed by atoms with Gasteiger partial charge in [0, 0.05) is 12.3 Å². The molecule has 1 fully saturated rings. The van der Waals surface area contributed by atoms with Gasteiger partial charge in [-0.25, -0.2) is 4.68 Å². The fourth-order valence-corrected chi connectivity index (χ4v) is 3.16. The molecule has 0 aliphatic heterocycles. The molecule has 0 amide bonds. The molecular formula is C13H25N5S. The van der Waals surface area contributed by atoms with E-state index in [4.69, 9.17) is 0 Å². The van der Waals surface area contributed by atoms with Crippen LogP contribution in [0.2, 0.25) is 0 Å². The van der Waals surface area contributed by atoms with Gasteiger partial charge in [0.1, 0.15) is 0 Å². The smallest absolute Gasteiger partial charge is 0.168 e. The maximum Gasteiger partial charge on any atom is 0.168 e. The van der Waals surface area contributed by atoms with Crippen LogP contribution in [-0.4, -0.2) is 50.7 Å². The Morgan fingerprint density at radius 1 is 1.37 bits per heavy atom. The Morgan fingerprint density at radius 3 is 2.79 bits per heavy atom. The summed E-state index contributed by atoms with van der Waals surface area (Å²) in [6.07, 6.45) is 8.56. The number of hydrogen-bond donors (Lipinski definition) is 0. The molecule has 0 aromatic carbocycles. The predicted molar refractivity (Wildman–Crippen MR) is 79.4 cm³/mol. The molecule has 1 aromatic heterocycles. The first kappa shape index (κ1) is 14.8. The standard InChI is InChI=1S/C13H25N5S/c1-11(17(2)9-10-19-3)13-14-15-16-18(13)12-7-5-4-6-8-12/h11-12H,4-10H2,1-3H3/t11-/m0/s1. The van der Waals surface area contributed by atoms with Gasteiger partial charge < -0.3 is 0 Å². The molecule has 5 nitrogen and oxygen atoms in total. The Morgan fingerprint density at radius 2 is 2.11 bits per heavy atom. The van der Waals surface area contributed by atoms with Crippen molar-refractivity contribution in [2.24, 2.45) is 0 Å². The van der Waals surface area contributed by atoms with Gasteiger partial charge in [-0.15, -0.1) is 5.10 Å². The van der Waals surface area contributed by atoms with E-state index < -0.39 is 0 Å². The molecule has 1 atom stereocenters. The van der Waals surface area contributed by atoms with Crippen molar-refractivity contribution in [3.63, 3.8) is 0 Å². The Kier molecular flexibility index (Phi) is 5.63. The molecule has 0 bridgehead atoms. The molecule has 2 rings (SSSR count). The van der Waals surface area contributed by atoms with E-state index in [0.29, 0.717) is 6.04 Å². The van der Waals surface area contributed by atoms with E-state index in [2.05, 4.69) is 45.3 Å². The molecule has 0 N–H and O–H groups in total. The van der Waals surface area contributed by atoms with Gasteiger partial charge in [-0.2, -0.15) is 11.8 Å². The van der Waals surface area contributed by atoms with Crippen LogP contribution in [0.3, 0.4) is 0 Å². The molecule has 6 heteroatoms. The molecule has 1 saturated carbocycles. The van der Waals surface area contributed by atoms with Crippen LogP contribution in [0, 0.1) is 0 Å². The third-order valence-corrected chi connectivity index (χ3v) is 4.71. The number of thioether (sulfide) groups is 1. The quantitative estimate of drug-likeness (QED) is 0.803. The van der Waals surface area contributed by atoms with Crippen LogP contribution in [0.1, 0.15) is 56.9 Å². The van der Waals surface area contributed by atoms with Gasteiger partial charge in [0.2, 0.25) is 0 Å². The van der Waals surface area contributed by atoms with Gasteiger partial charge in [0.15, 0.2) is 5.82 Å². The summed E-state index contributed by atoms with van der Waals surface area (Å²) in [6.45, 7) is 3.27. The van der Waals surface area contributed by atoms with Gasteiger partial charge in [0.25, 0.3) is 0 Å². The van der Waals surface area contributed by atoms with Gasteiger partial charge in [-0.05, 0) is 43.5 Å². The van der Waals surface area contributed by atoms with Gasteiger partial charge >= 0.3 is 0 Å². The summed E-state index contributed by atoms with van der Waals surface area (Å²) in [5.41, 5.74) is 0. The summed E-state index contributed by atoms with van der Waals surface area (Å²) < 4.78 is 2.08. The SMILES string of the molecule is CSCCN(C)[C@@H](C)c1nnnn1C1CCCCC1. The number of nitrogens with zero attached hydrogens (tertiary/aromatic N) is 5. The van der Waals surface area contributed by atoms with Crippen molar-refractivity contribution in [1.82, 2.24) is 25.1 Å². The van der Waals surface area contributed by atoms with E-state index in [1.807, 2.05) is 11.8 Å². The van der Waals surface area contributed by atoms with Crippen molar-refractivity contribution in [2.75, 3.05) is 25.6 Å². The number of rotatable bonds is 6. The van der Waals surface area contributed by atoms with Crippen molar-refractivity contribution in [3.8, 4) is 0 Å². The van der Waals surface area contributed by atoms with E-state index in [-0.39, 0.29) is 6.04 Å². The van der Waals surface area contributed by atoms with Crippen LogP contribution in [0.15, 0.2) is 0 Å². The summed E-state index contributed by atoms with van der Waals surface area (Å²) in [5, 5.41) is 12.4. The number of hydrogen-bond acceptors (Lipinski definition) is 5. The first-order chi connectivity index (χ1) is 9.24. The maximum absolute atomic E-state index is 4.27. The predicted octanol–water partition coefficient (Wildman–Crippen LogP) is 2.53. The van der Waals surface area contributed by atoms with Gasteiger partial charge in [0.05, 0.1) is 12.1 Å². The highest BCUT2D eigenvalue weighted by Crippen LogP contribution is 2.29. The minimum atomic E-state index is 0.282. The van der Waals surface area contributed by atoms with Crippen LogP contribution < -0.4 is 0 Å². The Labute approximate surface area is 120 Å². The highest BCUT2D eigenvalue weighted by molar-refractivity contribution is 7.98.